The van der Waals surface area contributed by atoms with Crippen molar-refractivity contribution in [2.45, 2.75) is 164 Å². The molecule has 4 aromatic rings. The highest BCUT2D eigenvalue weighted by Crippen LogP contribution is 2.43. The number of thiocarbonyl (C=S) groups is 1. The van der Waals surface area contributed by atoms with Crippen molar-refractivity contribution < 1.29 is 88.1 Å². The molecule has 11 N–H and O–H groups in total. The molecule has 26 heteroatoms. The second-order valence-corrected chi connectivity index (χ2v) is 23.8. The number of carboxylic acid groups (broad SMARTS) is 1. The van der Waals surface area contributed by atoms with Crippen LogP contribution < -0.4 is 26.3 Å². The summed E-state index contributed by atoms with van der Waals surface area (Å²) in [5.41, 5.74) is 4.76. The number of hydrogen-bond acceptors (Lipinski definition) is 22. The van der Waals surface area contributed by atoms with Gasteiger partial charge in [-0.2, -0.15) is 10.2 Å². The number of nitrogens with one attached hydrogen (secondary N) is 3. The quantitative estimate of drug-likeness (QED) is 0.00471. The fourth-order valence-electron chi connectivity index (χ4n) is 10.8. The summed E-state index contributed by atoms with van der Waals surface area (Å²) in [4.78, 5) is 65.0. The molecule has 0 bridgehead atoms. The highest BCUT2D eigenvalue weighted by atomic mass is 32.1. The van der Waals surface area contributed by atoms with Gasteiger partial charge in [-0.25, -0.2) is 4.79 Å². The van der Waals surface area contributed by atoms with Crippen molar-refractivity contribution in [1.82, 2.24) is 10.6 Å². The number of carboxylic acids is 1. The maximum atomic E-state index is 12.8. The first-order valence-corrected chi connectivity index (χ1v) is 31.8. The second kappa shape index (κ2) is 34.2. The predicted octanol–water partition coefficient (Wildman–Crippen LogP) is 8.43. The van der Waals surface area contributed by atoms with Crippen molar-refractivity contribution in [1.29, 1.82) is 0 Å². The van der Waals surface area contributed by atoms with Gasteiger partial charge in [-0.15, -0.1) is 0 Å². The third-order valence-electron chi connectivity index (χ3n) is 16.0. The Morgan fingerprint density at radius 2 is 1.29 bits per heavy atom. The van der Waals surface area contributed by atoms with Crippen LogP contribution in [0.5, 0.6) is 5.75 Å². The largest absolute Gasteiger partial charge is 0.508 e. The summed E-state index contributed by atoms with van der Waals surface area (Å²) in [5.74, 6) is -5.65. The Hall–Kier alpha value is -8.02. The van der Waals surface area contributed by atoms with E-state index in [4.69, 9.17) is 40.3 Å². The maximum absolute atomic E-state index is 12.8. The van der Waals surface area contributed by atoms with E-state index in [9.17, 15) is 64.8 Å². The number of azo groups is 1. The number of esters is 2. The van der Waals surface area contributed by atoms with Crippen molar-refractivity contribution in [2.24, 2.45) is 10.2 Å². The zero-order valence-electron chi connectivity index (χ0n) is 51.9. The first-order chi connectivity index (χ1) is 44.7. The Morgan fingerprint density at radius 1 is 0.688 bits per heavy atom. The van der Waals surface area contributed by atoms with Crippen molar-refractivity contribution >= 4 is 74.9 Å². The standard InChI is InChI=1S/C67H82N6O19S/c1-73(2)44-26-23-42(24-27-44)72-71-41-21-19-40(20-22-41)63(83)68-33-15-11-7-4-6-10-14-18-56(78)90-57-38-51(76)62(82)67(86,91-57)92-65-61(81)60(80)59(79)54(89-65)39-87-55(77)17-13-9-5-3-8-12-16-34-69-66(93)70-43-25-30-47(50(35-43)64(84)85)58-48-31-28-45(74)36-52(48)88-53-37-46(75)29-32-49(53)58/h19-32,35-37,51,54,57,59-62,65,74,76,79-82,86H,3-18,33-34,38-39H2,1-2H3,(H,68,83)(H,84,85)(H2,69,70,93)/b72-71+/t51?,54?,57?,59-,60?,61?,62?,65-,67+/m1/s1. The van der Waals surface area contributed by atoms with Gasteiger partial charge in [-0.3, -0.25) is 28.7 Å². The van der Waals surface area contributed by atoms with Gasteiger partial charge in [0.2, 0.25) is 6.29 Å². The zero-order chi connectivity index (χ0) is 66.6. The molecule has 0 spiro atoms. The van der Waals surface area contributed by atoms with Crippen molar-refractivity contribution in [3.8, 4) is 28.2 Å². The molecule has 9 atom stereocenters. The highest BCUT2D eigenvalue weighted by Gasteiger charge is 2.56. The minimum absolute atomic E-state index is 0.0139. The molecule has 2 fully saturated rings. The smallest absolute Gasteiger partial charge is 0.336 e. The van der Waals surface area contributed by atoms with Crippen LogP contribution in [-0.2, 0) is 33.3 Å². The van der Waals surface area contributed by atoms with E-state index in [1.807, 2.05) is 43.3 Å². The topological polar surface area (TPSA) is 371 Å². The molecular weight excluding hydrogens is 1220 g/mol. The van der Waals surface area contributed by atoms with Crippen molar-refractivity contribution in [2.75, 3.05) is 44.0 Å². The van der Waals surface area contributed by atoms with Crippen LogP contribution >= 0.6 is 12.2 Å². The third-order valence-corrected chi connectivity index (χ3v) is 16.3. The number of aromatic carboxylic acids is 1. The summed E-state index contributed by atoms with van der Waals surface area (Å²) in [6.45, 7) is 0.493. The molecule has 4 aliphatic rings. The number of aromatic hydroxyl groups is 1. The summed E-state index contributed by atoms with van der Waals surface area (Å²) >= 11 is 5.50. The van der Waals surface area contributed by atoms with E-state index in [0.29, 0.717) is 76.5 Å². The SMILES string of the molecule is CN(C)c1ccc(/N=N/c2ccc(C(=O)NCCCCCCCCCC(=O)OC3CC(O)C(O)[C@@](O)(O[C@H]4OC(COC(=O)CCCCCCCCCNC(=S)Nc5ccc(-c6c7ccc(=O)cc-7oc7cc(O)ccc67)c(C(=O)O)c5)[C@@H](O)C(O)C4O)O3)cc2)cc1. The number of hydrogen-bond donors (Lipinski definition) is 11. The lowest BCUT2D eigenvalue weighted by atomic mass is 9.90. The van der Waals surface area contributed by atoms with E-state index in [-0.39, 0.29) is 46.8 Å². The van der Waals surface area contributed by atoms with Crippen LogP contribution in [-0.4, -0.2) is 159 Å². The average molecular weight is 1310 g/mol. The number of phenols is 1. The maximum Gasteiger partial charge on any atom is 0.336 e. The van der Waals surface area contributed by atoms with Crippen LogP contribution in [0.2, 0.25) is 0 Å². The van der Waals surface area contributed by atoms with E-state index in [0.717, 1.165) is 82.0 Å². The van der Waals surface area contributed by atoms with E-state index < -0.39 is 86.1 Å². The molecule has 0 aromatic heterocycles. The number of carbonyl (C=O) groups excluding carboxylic acids is 3. The normalized spacial score (nSPS) is 21.3. The van der Waals surface area contributed by atoms with Gasteiger partial charge in [0, 0.05) is 92.0 Å². The van der Waals surface area contributed by atoms with Crippen LogP contribution in [0.3, 0.4) is 0 Å². The number of amides is 1. The molecule has 8 rings (SSSR count). The van der Waals surface area contributed by atoms with Gasteiger partial charge < -0.3 is 80.3 Å². The molecule has 2 saturated heterocycles. The number of unbranched alkanes of at least 4 members (excludes halogenated alkanes) is 12. The fraction of sp³-hybridized carbons (Fsp3) is 0.463. The van der Waals surface area contributed by atoms with E-state index in [2.05, 4.69) is 26.2 Å². The van der Waals surface area contributed by atoms with Gasteiger partial charge in [0.1, 0.15) is 48.1 Å². The molecule has 500 valence electrons. The molecule has 3 heterocycles. The Bertz CT molecular complexity index is 3540. The first-order valence-electron chi connectivity index (χ1n) is 31.3. The number of rotatable bonds is 32. The highest BCUT2D eigenvalue weighted by molar-refractivity contribution is 7.80. The first kappa shape index (κ1) is 70.8. The monoisotopic (exact) mass is 1310 g/mol. The molecule has 6 unspecified atom stereocenters. The zero-order valence-corrected chi connectivity index (χ0v) is 52.7. The summed E-state index contributed by atoms with van der Waals surface area (Å²) in [5, 5.41) is 104. The van der Waals surface area contributed by atoms with Crippen molar-refractivity contribution in [3.05, 3.63) is 124 Å². The number of anilines is 2. The number of aliphatic hydroxyl groups is 6. The lowest BCUT2D eigenvalue weighted by molar-refractivity contribution is -0.493. The number of ether oxygens (including phenoxy) is 5. The second-order valence-electron chi connectivity index (χ2n) is 23.4. The van der Waals surface area contributed by atoms with Gasteiger partial charge in [0.05, 0.1) is 23.0 Å². The molecule has 93 heavy (non-hydrogen) atoms. The lowest BCUT2D eigenvalue weighted by Crippen LogP contribution is -2.66. The van der Waals surface area contributed by atoms with Gasteiger partial charge in [-0.05, 0) is 128 Å². The molecule has 1 aliphatic carbocycles. The average Bonchev–Trinajstić information content (AvgIpc) is 0.909. The Labute approximate surface area is 542 Å². The van der Waals surface area contributed by atoms with Crippen LogP contribution in [0.25, 0.3) is 33.4 Å². The molecule has 0 radical (unpaired) electrons. The van der Waals surface area contributed by atoms with E-state index in [1.165, 1.54) is 30.3 Å². The van der Waals surface area contributed by atoms with Gasteiger partial charge in [-0.1, -0.05) is 70.3 Å². The Kier molecular flexibility index (Phi) is 26.1. The number of fused-ring (bicyclic) bond motifs is 2. The summed E-state index contributed by atoms with van der Waals surface area (Å²) in [7, 11) is 3.93. The van der Waals surface area contributed by atoms with Gasteiger partial charge >= 0.3 is 23.9 Å². The number of aliphatic hydroxyl groups excluding tert-OH is 5. The fourth-order valence-corrected chi connectivity index (χ4v) is 11.1. The molecule has 25 nitrogen and oxygen atoms in total. The summed E-state index contributed by atoms with van der Waals surface area (Å²) < 4.78 is 33.0. The minimum atomic E-state index is -3.13. The summed E-state index contributed by atoms with van der Waals surface area (Å²) in [6, 6.07) is 28.2. The Balaban J connectivity index is 0.655. The number of phenolic OH excluding ortho intramolecular Hbond substituents is 1. The third kappa shape index (κ3) is 20.2. The minimum Gasteiger partial charge on any atom is -0.508 e. The van der Waals surface area contributed by atoms with Gasteiger partial charge in [0.25, 0.3) is 5.91 Å². The number of carbonyl (C=O) groups is 4. The predicted molar refractivity (Wildman–Crippen MR) is 346 cm³/mol. The van der Waals surface area contributed by atoms with Crippen LogP contribution in [0.15, 0.2) is 123 Å². The molecule has 0 saturated carbocycles. The van der Waals surface area contributed by atoms with Crippen LogP contribution in [0, 0.1) is 0 Å². The van der Waals surface area contributed by atoms with E-state index >= 15 is 0 Å². The van der Waals surface area contributed by atoms with E-state index in [1.54, 1.807) is 48.5 Å². The summed E-state index contributed by atoms with van der Waals surface area (Å²) in [6.07, 6.45) is -4.06. The lowest BCUT2D eigenvalue weighted by Gasteiger charge is -2.46. The van der Waals surface area contributed by atoms with Crippen LogP contribution in [0.1, 0.15) is 130 Å². The van der Waals surface area contributed by atoms with Crippen LogP contribution in [0.4, 0.5) is 22.7 Å². The van der Waals surface area contributed by atoms with Gasteiger partial charge in [0.15, 0.2) is 22.9 Å². The molecule has 4 aromatic carbocycles. The molecule has 1 amide bonds. The Morgan fingerprint density at radius 3 is 1.94 bits per heavy atom. The molecule has 3 aliphatic heterocycles. The number of benzene rings is 5. The number of nitrogens with zero attached hydrogens (tertiary/aromatic N) is 3. The molecular formula is C67H82N6O19S. The van der Waals surface area contributed by atoms with Crippen molar-refractivity contribution in [3.63, 3.8) is 0 Å².